The van der Waals surface area contributed by atoms with Gasteiger partial charge in [-0.2, -0.15) is 5.26 Å². The van der Waals surface area contributed by atoms with Gasteiger partial charge in [-0.1, -0.05) is 0 Å². The third-order valence-corrected chi connectivity index (χ3v) is 4.03. The number of nitro groups is 1. The zero-order valence-corrected chi connectivity index (χ0v) is 14.7. The van der Waals surface area contributed by atoms with Gasteiger partial charge in [0.05, 0.1) is 31.1 Å². The number of rotatable bonds is 5. The first-order chi connectivity index (χ1) is 12.3. The first-order valence-electron chi connectivity index (χ1n) is 7.46. The minimum absolute atomic E-state index is 0.0833. The number of carbonyl (C=O) groups excluding carboxylic acids is 1. The van der Waals surface area contributed by atoms with Crippen molar-refractivity contribution in [1.29, 1.82) is 5.26 Å². The van der Waals surface area contributed by atoms with Crippen LogP contribution in [0.4, 0.5) is 5.69 Å². The minimum atomic E-state index is -1.05. The molecule has 0 bridgehead atoms. The molecule has 0 saturated carbocycles. The number of Topliss-reactive ketones (excluding diaryl/α,β-unsaturated/α-hetero) is 1. The second-order valence-corrected chi connectivity index (χ2v) is 5.47. The van der Waals surface area contributed by atoms with Crippen LogP contribution in [0, 0.1) is 21.4 Å². The summed E-state index contributed by atoms with van der Waals surface area (Å²) in [6.07, 6.45) is 0. The van der Waals surface area contributed by atoms with Crippen LogP contribution >= 0.6 is 0 Å². The number of benzene rings is 1. The van der Waals surface area contributed by atoms with Crippen LogP contribution in [0.15, 0.2) is 34.9 Å². The highest BCUT2D eigenvalue weighted by molar-refractivity contribution is 5.97. The van der Waals surface area contributed by atoms with E-state index in [1.54, 1.807) is 0 Å². The highest BCUT2D eigenvalue weighted by Gasteiger charge is 2.38. The van der Waals surface area contributed by atoms with Crippen LogP contribution in [0.3, 0.4) is 0 Å². The molecule has 1 heterocycles. The molecule has 1 aromatic carbocycles. The van der Waals surface area contributed by atoms with Crippen LogP contribution in [-0.2, 0) is 9.53 Å². The van der Waals surface area contributed by atoms with E-state index in [2.05, 4.69) is 0 Å². The normalized spacial score (nSPS) is 16.7. The fourth-order valence-corrected chi connectivity index (χ4v) is 2.92. The van der Waals surface area contributed by atoms with E-state index in [-0.39, 0.29) is 45.5 Å². The number of hydrogen-bond acceptors (Lipinski definition) is 8. The second kappa shape index (κ2) is 7.14. The monoisotopic (exact) mass is 359 g/mol. The molecule has 1 aliphatic heterocycles. The summed E-state index contributed by atoms with van der Waals surface area (Å²) in [5, 5.41) is 21.1. The van der Waals surface area contributed by atoms with Crippen LogP contribution < -0.4 is 15.2 Å². The fraction of sp³-hybridized carbons (Fsp3) is 0.294. The number of methoxy groups -OCH3 is 2. The van der Waals surface area contributed by atoms with E-state index in [4.69, 9.17) is 19.9 Å². The summed E-state index contributed by atoms with van der Waals surface area (Å²) < 4.78 is 15.6. The van der Waals surface area contributed by atoms with Crippen LogP contribution in [0.5, 0.6) is 11.5 Å². The summed E-state index contributed by atoms with van der Waals surface area (Å²) in [6, 6.07) is 4.44. The summed E-state index contributed by atoms with van der Waals surface area (Å²) in [7, 11) is 2.72. The lowest BCUT2D eigenvalue weighted by atomic mass is 9.80. The number of hydrogen-bond donors (Lipinski definition) is 1. The maximum Gasteiger partial charge on any atom is 0.277 e. The summed E-state index contributed by atoms with van der Waals surface area (Å²) in [5.41, 5.74) is 5.57. The fourth-order valence-electron chi connectivity index (χ4n) is 2.92. The average Bonchev–Trinajstić information content (AvgIpc) is 2.59. The molecule has 0 aliphatic carbocycles. The van der Waals surface area contributed by atoms with Gasteiger partial charge in [-0.3, -0.25) is 14.9 Å². The number of nitrogens with two attached hydrogens (primary N) is 1. The van der Waals surface area contributed by atoms with Gasteiger partial charge in [0.15, 0.2) is 17.3 Å². The largest absolute Gasteiger partial charge is 0.493 e. The molecule has 9 nitrogen and oxygen atoms in total. The molecule has 0 fully saturated rings. The minimum Gasteiger partial charge on any atom is -0.493 e. The van der Waals surface area contributed by atoms with E-state index >= 15 is 0 Å². The lowest BCUT2D eigenvalue weighted by molar-refractivity contribution is -0.385. The van der Waals surface area contributed by atoms with Gasteiger partial charge in [0, 0.05) is 11.1 Å². The van der Waals surface area contributed by atoms with Gasteiger partial charge < -0.3 is 19.9 Å². The molecule has 2 rings (SSSR count). The Bertz CT molecular complexity index is 894. The lowest BCUT2D eigenvalue weighted by Gasteiger charge is -2.27. The van der Waals surface area contributed by atoms with Crippen molar-refractivity contribution in [2.75, 3.05) is 14.2 Å². The number of nitrogens with zero attached hydrogens (tertiary/aromatic N) is 2. The molecule has 0 unspecified atom stereocenters. The van der Waals surface area contributed by atoms with E-state index in [0.29, 0.717) is 0 Å². The second-order valence-electron chi connectivity index (χ2n) is 5.47. The number of carbonyl (C=O) groups is 1. The van der Waals surface area contributed by atoms with E-state index in [9.17, 15) is 20.2 Å². The predicted octanol–water partition coefficient (Wildman–Crippen LogP) is 2.28. The van der Waals surface area contributed by atoms with Gasteiger partial charge >= 0.3 is 0 Å². The zero-order valence-electron chi connectivity index (χ0n) is 14.7. The number of ether oxygens (including phenoxy) is 3. The molecule has 0 aromatic heterocycles. The predicted molar refractivity (Wildman–Crippen MR) is 90.2 cm³/mol. The molecule has 0 radical (unpaired) electrons. The van der Waals surface area contributed by atoms with Gasteiger partial charge in [0.2, 0.25) is 5.88 Å². The van der Waals surface area contributed by atoms with Gasteiger partial charge in [-0.25, -0.2) is 0 Å². The summed E-state index contributed by atoms with van der Waals surface area (Å²) in [4.78, 5) is 23.2. The van der Waals surface area contributed by atoms with Gasteiger partial charge in [0.1, 0.15) is 17.4 Å². The third-order valence-electron chi connectivity index (χ3n) is 4.03. The van der Waals surface area contributed by atoms with Crippen LogP contribution in [0.25, 0.3) is 0 Å². The van der Waals surface area contributed by atoms with Gasteiger partial charge in [0.25, 0.3) is 5.69 Å². The Hall–Kier alpha value is -3.54. The van der Waals surface area contributed by atoms with E-state index < -0.39 is 16.6 Å². The SMILES string of the molecule is COc1cc([C@H]2C(C#N)=C(N)OC(C)=C2C(C)=O)c([N+](=O)[O-])cc1OC. The molecule has 1 aliphatic rings. The molecular weight excluding hydrogens is 342 g/mol. The molecule has 0 saturated heterocycles. The van der Waals surface area contributed by atoms with Crippen molar-refractivity contribution >= 4 is 11.5 Å². The number of allylic oxidation sites excluding steroid dienone is 3. The van der Waals surface area contributed by atoms with E-state index in [0.717, 1.165) is 0 Å². The molecule has 0 spiro atoms. The van der Waals surface area contributed by atoms with Crippen molar-refractivity contribution in [2.45, 2.75) is 19.8 Å². The Morgan fingerprint density at radius 3 is 2.38 bits per heavy atom. The van der Waals surface area contributed by atoms with E-state index in [1.165, 1.54) is 40.2 Å². The first kappa shape index (κ1) is 18.8. The Balaban J connectivity index is 2.89. The van der Waals surface area contributed by atoms with Crippen molar-refractivity contribution in [1.82, 2.24) is 0 Å². The van der Waals surface area contributed by atoms with Gasteiger partial charge in [-0.15, -0.1) is 0 Å². The highest BCUT2D eigenvalue weighted by atomic mass is 16.6. The number of nitro benzene ring substituents is 1. The molecular formula is C17H17N3O6. The molecule has 1 aromatic rings. The molecule has 136 valence electrons. The summed E-state index contributed by atoms with van der Waals surface area (Å²) in [5.74, 6) is -1.10. The van der Waals surface area contributed by atoms with Crippen molar-refractivity contribution in [3.63, 3.8) is 0 Å². The molecule has 9 heteroatoms. The van der Waals surface area contributed by atoms with Crippen LogP contribution in [0.1, 0.15) is 25.3 Å². The third kappa shape index (κ3) is 3.04. The van der Waals surface area contributed by atoms with Crippen molar-refractivity contribution in [2.24, 2.45) is 5.73 Å². The smallest absolute Gasteiger partial charge is 0.277 e. The van der Waals surface area contributed by atoms with Crippen LogP contribution in [-0.4, -0.2) is 24.9 Å². The standard InChI is InChI=1S/C17H17N3O6/c1-8(21)15-9(2)26-17(19)11(7-18)16(15)10-5-13(24-3)14(25-4)6-12(10)20(22)23/h5-6,16H,19H2,1-4H3/t16-/m0/s1. The summed E-state index contributed by atoms with van der Waals surface area (Å²) in [6.45, 7) is 2.80. The quantitative estimate of drug-likeness (QED) is 0.624. The number of ketones is 1. The Kier molecular flexibility index (Phi) is 5.16. The van der Waals surface area contributed by atoms with Crippen molar-refractivity contribution in [3.8, 4) is 17.6 Å². The van der Waals surface area contributed by atoms with Crippen LogP contribution in [0.2, 0.25) is 0 Å². The van der Waals surface area contributed by atoms with Crippen molar-refractivity contribution < 1.29 is 23.9 Å². The van der Waals surface area contributed by atoms with Crippen molar-refractivity contribution in [3.05, 3.63) is 50.6 Å². The highest BCUT2D eigenvalue weighted by Crippen LogP contribution is 2.46. The Labute approximate surface area is 149 Å². The average molecular weight is 359 g/mol. The topological polar surface area (TPSA) is 138 Å². The Morgan fingerprint density at radius 1 is 1.35 bits per heavy atom. The number of nitriles is 1. The lowest BCUT2D eigenvalue weighted by Crippen LogP contribution is -2.24. The summed E-state index contributed by atoms with van der Waals surface area (Å²) >= 11 is 0. The molecule has 2 N–H and O–H groups in total. The zero-order chi connectivity index (χ0) is 19.6. The van der Waals surface area contributed by atoms with E-state index in [1.807, 2.05) is 6.07 Å². The van der Waals surface area contributed by atoms with Gasteiger partial charge in [-0.05, 0) is 19.9 Å². The molecule has 1 atom stereocenters. The Morgan fingerprint density at radius 2 is 1.92 bits per heavy atom. The molecule has 0 amide bonds. The maximum atomic E-state index is 12.2. The maximum absolute atomic E-state index is 12.2. The molecule has 26 heavy (non-hydrogen) atoms. The first-order valence-corrected chi connectivity index (χ1v) is 7.46.